The number of hydrogen-bond acceptors (Lipinski definition) is 4. The maximum Gasteiger partial charge on any atom is 0.267 e. The van der Waals surface area contributed by atoms with Crippen molar-refractivity contribution in [1.82, 2.24) is 9.55 Å². The van der Waals surface area contributed by atoms with Crippen LogP contribution >= 0.6 is 35.3 Å². The Morgan fingerprint density at radius 3 is 2.68 bits per heavy atom. The van der Waals surface area contributed by atoms with Crippen LogP contribution in [0, 0.1) is 4.77 Å². The van der Waals surface area contributed by atoms with Crippen LogP contribution in [0.1, 0.15) is 0 Å². The van der Waals surface area contributed by atoms with Crippen LogP contribution in [0.25, 0.3) is 15.9 Å². The van der Waals surface area contributed by atoms with E-state index in [0.717, 1.165) is 15.4 Å². The minimum atomic E-state index is -0.0723. The zero-order valence-electron chi connectivity index (χ0n) is 10.0. The second-order valence-electron chi connectivity index (χ2n) is 3.93. The van der Waals surface area contributed by atoms with Crippen molar-refractivity contribution in [3.05, 3.63) is 50.8 Å². The van der Waals surface area contributed by atoms with Crippen LogP contribution in [0.3, 0.4) is 0 Å². The molecule has 6 heteroatoms. The first kappa shape index (κ1) is 12.7. The number of hydrogen-bond donors (Lipinski definition) is 1. The maximum absolute atomic E-state index is 12.4. The highest BCUT2D eigenvalue weighted by Crippen LogP contribution is 2.19. The average Bonchev–Trinajstić information content (AvgIpc) is 2.88. The second kappa shape index (κ2) is 4.96. The summed E-state index contributed by atoms with van der Waals surface area (Å²) in [6.07, 6.45) is 2.02. The molecule has 3 aromatic rings. The molecule has 2 aromatic heterocycles. The van der Waals surface area contributed by atoms with Crippen LogP contribution in [-0.4, -0.2) is 15.8 Å². The van der Waals surface area contributed by atoms with Crippen LogP contribution < -0.4 is 5.56 Å². The predicted molar refractivity (Wildman–Crippen MR) is 84.4 cm³/mol. The molecule has 0 radical (unpaired) electrons. The number of fused-ring (bicyclic) bond motifs is 1. The summed E-state index contributed by atoms with van der Waals surface area (Å²) in [5.41, 5.74) is 0.717. The second-order valence-corrected chi connectivity index (χ2v) is 6.11. The molecule has 1 N–H and O–H groups in total. The zero-order valence-corrected chi connectivity index (χ0v) is 12.5. The Balaban J connectivity index is 2.29. The monoisotopic (exact) mass is 306 g/mol. The minimum Gasteiger partial charge on any atom is -0.323 e. The molecule has 0 saturated heterocycles. The molecular formula is C13H10N2OS3. The molecule has 0 spiro atoms. The van der Waals surface area contributed by atoms with Crippen LogP contribution in [-0.2, 0) is 0 Å². The third-order valence-corrected chi connectivity index (χ3v) is 4.71. The summed E-state index contributed by atoms with van der Waals surface area (Å²) in [5.74, 6) is 0. The standard InChI is InChI=1S/C13H10N2OS3/c1-18-9-4-2-8(3-5-9)15-12(16)10-6-7-19-11(10)14-13(15)17/h2-7H,1H3,(H,14,17). The number of aromatic nitrogens is 2. The molecule has 2 heterocycles. The molecule has 3 nitrogen and oxygen atoms in total. The van der Waals surface area contributed by atoms with Crippen molar-refractivity contribution < 1.29 is 0 Å². The Morgan fingerprint density at radius 1 is 1.26 bits per heavy atom. The van der Waals surface area contributed by atoms with E-state index in [0.29, 0.717) is 10.2 Å². The summed E-state index contributed by atoms with van der Waals surface area (Å²) < 4.78 is 1.96. The van der Waals surface area contributed by atoms with Gasteiger partial charge in [0.25, 0.3) is 5.56 Å². The Labute approximate surface area is 122 Å². The molecule has 0 aliphatic carbocycles. The lowest BCUT2D eigenvalue weighted by molar-refractivity contribution is 0.941. The topological polar surface area (TPSA) is 37.8 Å². The molecular weight excluding hydrogens is 296 g/mol. The number of thiophene rings is 1. The Bertz CT molecular complexity index is 843. The van der Waals surface area contributed by atoms with Gasteiger partial charge in [-0.3, -0.25) is 9.36 Å². The van der Waals surface area contributed by atoms with E-state index in [9.17, 15) is 4.79 Å². The molecule has 0 aliphatic heterocycles. The van der Waals surface area contributed by atoms with Crippen molar-refractivity contribution >= 4 is 45.5 Å². The van der Waals surface area contributed by atoms with Crippen molar-refractivity contribution in [1.29, 1.82) is 0 Å². The van der Waals surface area contributed by atoms with E-state index in [1.807, 2.05) is 42.0 Å². The van der Waals surface area contributed by atoms with E-state index in [2.05, 4.69) is 4.98 Å². The summed E-state index contributed by atoms with van der Waals surface area (Å²) in [6.45, 7) is 0. The summed E-state index contributed by atoms with van der Waals surface area (Å²) >= 11 is 8.44. The molecule has 0 atom stereocenters. The summed E-state index contributed by atoms with van der Waals surface area (Å²) in [7, 11) is 0. The third kappa shape index (κ3) is 2.16. The molecule has 96 valence electrons. The van der Waals surface area contributed by atoms with Crippen molar-refractivity contribution in [2.24, 2.45) is 0 Å². The molecule has 0 fully saturated rings. The number of H-pyrrole nitrogens is 1. The Kier molecular flexibility index (Phi) is 3.30. The summed E-state index contributed by atoms with van der Waals surface area (Å²) in [6, 6.07) is 9.61. The van der Waals surface area contributed by atoms with Crippen molar-refractivity contribution in [2.75, 3.05) is 6.26 Å². The molecule has 0 saturated carbocycles. The first-order valence-electron chi connectivity index (χ1n) is 5.57. The van der Waals surface area contributed by atoms with E-state index in [-0.39, 0.29) is 5.56 Å². The van der Waals surface area contributed by atoms with Gasteiger partial charge in [0.1, 0.15) is 4.83 Å². The van der Waals surface area contributed by atoms with E-state index in [4.69, 9.17) is 12.2 Å². The molecule has 1 aromatic carbocycles. The lowest BCUT2D eigenvalue weighted by atomic mass is 10.3. The highest BCUT2D eigenvalue weighted by Gasteiger charge is 2.08. The van der Waals surface area contributed by atoms with E-state index in [1.165, 1.54) is 15.9 Å². The Hall–Kier alpha value is -1.37. The SMILES string of the molecule is CSc1ccc(-n2c(=S)[nH]c3sccc3c2=O)cc1. The lowest BCUT2D eigenvalue weighted by Gasteiger charge is -2.07. The highest BCUT2D eigenvalue weighted by molar-refractivity contribution is 7.98. The number of benzene rings is 1. The first-order chi connectivity index (χ1) is 9.20. The van der Waals surface area contributed by atoms with Gasteiger partial charge in [0.05, 0.1) is 11.1 Å². The number of thioether (sulfide) groups is 1. The van der Waals surface area contributed by atoms with Crippen LogP contribution in [0.15, 0.2) is 45.4 Å². The fourth-order valence-electron chi connectivity index (χ4n) is 1.91. The van der Waals surface area contributed by atoms with Gasteiger partial charge in [-0.25, -0.2) is 0 Å². The number of nitrogens with zero attached hydrogens (tertiary/aromatic N) is 1. The van der Waals surface area contributed by atoms with E-state index in [1.54, 1.807) is 11.8 Å². The van der Waals surface area contributed by atoms with Gasteiger partial charge in [0.15, 0.2) is 4.77 Å². The molecule has 0 unspecified atom stereocenters. The summed E-state index contributed by atoms with van der Waals surface area (Å²) in [5, 5.41) is 2.56. The van der Waals surface area contributed by atoms with Gasteiger partial charge in [-0.2, -0.15) is 0 Å². The van der Waals surface area contributed by atoms with Gasteiger partial charge in [-0.05, 0) is 54.2 Å². The van der Waals surface area contributed by atoms with Crippen LogP contribution in [0.4, 0.5) is 0 Å². The van der Waals surface area contributed by atoms with E-state index >= 15 is 0 Å². The molecule has 3 rings (SSSR count). The van der Waals surface area contributed by atoms with Gasteiger partial charge >= 0.3 is 0 Å². The van der Waals surface area contributed by atoms with Gasteiger partial charge in [-0.1, -0.05) is 0 Å². The van der Waals surface area contributed by atoms with Gasteiger partial charge in [0, 0.05) is 4.90 Å². The zero-order chi connectivity index (χ0) is 13.4. The minimum absolute atomic E-state index is 0.0723. The van der Waals surface area contributed by atoms with Crippen molar-refractivity contribution in [2.45, 2.75) is 4.90 Å². The fraction of sp³-hybridized carbons (Fsp3) is 0.0769. The summed E-state index contributed by atoms with van der Waals surface area (Å²) in [4.78, 5) is 17.5. The van der Waals surface area contributed by atoms with Crippen molar-refractivity contribution in [3.8, 4) is 5.69 Å². The number of aromatic amines is 1. The highest BCUT2D eigenvalue weighted by atomic mass is 32.2. The number of nitrogens with one attached hydrogen (secondary N) is 1. The largest absolute Gasteiger partial charge is 0.323 e. The normalized spacial score (nSPS) is 11.0. The molecule has 19 heavy (non-hydrogen) atoms. The lowest BCUT2D eigenvalue weighted by Crippen LogP contribution is -2.19. The average molecular weight is 306 g/mol. The van der Waals surface area contributed by atoms with Crippen LogP contribution in [0.5, 0.6) is 0 Å². The molecule has 0 amide bonds. The first-order valence-corrected chi connectivity index (χ1v) is 8.09. The van der Waals surface area contributed by atoms with Gasteiger partial charge in [0.2, 0.25) is 0 Å². The maximum atomic E-state index is 12.4. The molecule has 0 aliphatic rings. The quantitative estimate of drug-likeness (QED) is 0.577. The predicted octanol–water partition coefficient (Wildman–Crippen LogP) is 3.83. The van der Waals surface area contributed by atoms with Gasteiger partial charge in [-0.15, -0.1) is 23.1 Å². The van der Waals surface area contributed by atoms with Crippen LogP contribution in [0.2, 0.25) is 0 Å². The molecule has 0 bridgehead atoms. The van der Waals surface area contributed by atoms with Crippen molar-refractivity contribution in [3.63, 3.8) is 0 Å². The third-order valence-electron chi connectivity index (χ3n) is 2.85. The van der Waals surface area contributed by atoms with Gasteiger partial charge < -0.3 is 4.98 Å². The van der Waals surface area contributed by atoms with E-state index < -0.39 is 0 Å². The Morgan fingerprint density at radius 2 is 2.00 bits per heavy atom. The number of rotatable bonds is 2. The fourth-order valence-corrected chi connectivity index (χ4v) is 3.45. The smallest absolute Gasteiger partial charge is 0.267 e.